The molecule has 0 spiro atoms. The topological polar surface area (TPSA) is 84.3 Å². The van der Waals surface area contributed by atoms with Gasteiger partial charge in [-0.1, -0.05) is 12.1 Å². The third kappa shape index (κ3) is 6.50. The van der Waals surface area contributed by atoms with E-state index in [9.17, 15) is 9.59 Å². The number of anilines is 1. The number of urea groups is 1. The molecule has 174 valence electrons. The summed E-state index contributed by atoms with van der Waals surface area (Å²) >= 11 is 0. The number of nitrogens with one attached hydrogen (secondary N) is 1. The fraction of sp³-hybridized carbons (Fsp3) is 0.500. The lowest BCUT2D eigenvalue weighted by atomic mass is 10.2. The maximum atomic E-state index is 13.3. The highest BCUT2D eigenvalue weighted by Gasteiger charge is 2.27. The molecule has 2 heterocycles. The molecule has 1 aliphatic rings. The van der Waals surface area contributed by atoms with Crippen LogP contribution in [-0.2, 0) is 16.1 Å². The predicted molar refractivity (Wildman–Crippen MR) is 122 cm³/mol. The van der Waals surface area contributed by atoms with E-state index in [-0.39, 0.29) is 30.6 Å². The van der Waals surface area contributed by atoms with E-state index < -0.39 is 0 Å². The van der Waals surface area contributed by atoms with Gasteiger partial charge < -0.3 is 29.0 Å². The highest BCUT2D eigenvalue weighted by molar-refractivity contribution is 5.93. The van der Waals surface area contributed by atoms with Crippen molar-refractivity contribution in [1.82, 2.24) is 9.80 Å². The van der Waals surface area contributed by atoms with Crippen LogP contribution in [0.1, 0.15) is 39.4 Å². The van der Waals surface area contributed by atoms with Crippen LogP contribution in [0.15, 0.2) is 47.1 Å². The molecular formula is C24H33N3O5. The molecule has 1 aromatic carbocycles. The number of ether oxygens (including phenoxy) is 2. The van der Waals surface area contributed by atoms with E-state index >= 15 is 0 Å². The SMILES string of the molecule is CCOc1ccccc1NC(=O)N(CC(=O)N(Cc1ccco1)CC1CCCO1)C(C)C. The van der Waals surface area contributed by atoms with Gasteiger partial charge in [-0.05, 0) is 57.9 Å². The molecule has 32 heavy (non-hydrogen) atoms. The number of furan rings is 1. The molecule has 0 aliphatic carbocycles. The maximum Gasteiger partial charge on any atom is 0.322 e. The van der Waals surface area contributed by atoms with Gasteiger partial charge in [0.05, 0.1) is 31.2 Å². The molecule has 1 aliphatic heterocycles. The monoisotopic (exact) mass is 443 g/mol. The Bertz CT molecular complexity index is 862. The third-order valence-electron chi connectivity index (χ3n) is 5.35. The van der Waals surface area contributed by atoms with E-state index in [2.05, 4.69) is 5.32 Å². The highest BCUT2D eigenvalue weighted by Crippen LogP contribution is 2.24. The third-order valence-corrected chi connectivity index (χ3v) is 5.35. The first kappa shape index (κ1) is 23.7. The molecule has 1 atom stereocenters. The van der Waals surface area contributed by atoms with Crippen molar-refractivity contribution in [3.05, 3.63) is 48.4 Å². The van der Waals surface area contributed by atoms with Crippen molar-refractivity contribution in [3.63, 3.8) is 0 Å². The fourth-order valence-electron chi connectivity index (χ4n) is 3.65. The number of hydrogen-bond donors (Lipinski definition) is 1. The average molecular weight is 444 g/mol. The Morgan fingerprint density at radius 2 is 2.03 bits per heavy atom. The molecule has 3 rings (SSSR count). The van der Waals surface area contributed by atoms with Gasteiger partial charge in [0, 0.05) is 19.2 Å². The number of para-hydroxylation sites is 2. The molecule has 1 fully saturated rings. The Morgan fingerprint density at radius 1 is 1.22 bits per heavy atom. The molecule has 3 amide bonds. The van der Waals surface area contributed by atoms with E-state index in [1.54, 1.807) is 29.4 Å². The largest absolute Gasteiger partial charge is 0.492 e. The Labute approximate surface area is 189 Å². The average Bonchev–Trinajstić information content (AvgIpc) is 3.47. The van der Waals surface area contributed by atoms with Crippen LogP contribution in [0.5, 0.6) is 5.75 Å². The summed E-state index contributed by atoms with van der Waals surface area (Å²) in [5, 5.41) is 2.89. The zero-order chi connectivity index (χ0) is 22.9. The van der Waals surface area contributed by atoms with E-state index in [1.807, 2.05) is 39.0 Å². The van der Waals surface area contributed by atoms with Gasteiger partial charge in [-0.3, -0.25) is 4.79 Å². The first-order valence-corrected chi connectivity index (χ1v) is 11.2. The summed E-state index contributed by atoms with van der Waals surface area (Å²) in [5.41, 5.74) is 0.573. The van der Waals surface area contributed by atoms with Crippen molar-refractivity contribution in [2.24, 2.45) is 0 Å². The predicted octanol–water partition coefficient (Wildman–Crippen LogP) is 4.13. The van der Waals surface area contributed by atoms with Crippen molar-refractivity contribution in [2.45, 2.75) is 52.3 Å². The summed E-state index contributed by atoms with van der Waals surface area (Å²) < 4.78 is 16.8. The second-order valence-electron chi connectivity index (χ2n) is 8.07. The molecule has 1 aromatic heterocycles. The van der Waals surface area contributed by atoms with Crippen LogP contribution in [0.2, 0.25) is 0 Å². The molecule has 8 nitrogen and oxygen atoms in total. The minimum absolute atomic E-state index is 0.00769. The normalized spacial score (nSPS) is 15.6. The quantitative estimate of drug-likeness (QED) is 0.597. The van der Waals surface area contributed by atoms with E-state index in [0.717, 1.165) is 12.8 Å². The summed E-state index contributed by atoms with van der Waals surface area (Å²) in [6.45, 7) is 7.63. The smallest absolute Gasteiger partial charge is 0.322 e. The number of rotatable bonds is 10. The molecule has 0 bridgehead atoms. The van der Waals surface area contributed by atoms with Gasteiger partial charge in [-0.15, -0.1) is 0 Å². The van der Waals surface area contributed by atoms with Crippen molar-refractivity contribution < 1.29 is 23.5 Å². The lowest BCUT2D eigenvalue weighted by molar-refractivity contribution is -0.134. The Hall–Kier alpha value is -3.00. The number of carbonyl (C=O) groups is 2. The van der Waals surface area contributed by atoms with Crippen LogP contribution in [0, 0.1) is 0 Å². The molecule has 1 saturated heterocycles. The van der Waals surface area contributed by atoms with Crippen LogP contribution in [-0.4, -0.2) is 60.2 Å². The number of benzene rings is 1. The van der Waals surface area contributed by atoms with Crippen molar-refractivity contribution in [3.8, 4) is 5.75 Å². The summed E-state index contributed by atoms with van der Waals surface area (Å²) in [6, 6.07) is 10.4. The van der Waals surface area contributed by atoms with E-state index in [4.69, 9.17) is 13.9 Å². The fourth-order valence-corrected chi connectivity index (χ4v) is 3.65. The van der Waals surface area contributed by atoms with Gasteiger partial charge >= 0.3 is 6.03 Å². The Kier molecular flexibility index (Phi) is 8.56. The van der Waals surface area contributed by atoms with Crippen LogP contribution in [0.4, 0.5) is 10.5 Å². The van der Waals surface area contributed by atoms with Crippen LogP contribution < -0.4 is 10.1 Å². The second kappa shape index (κ2) is 11.6. The van der Waals surface area contributed by atoms with Crippen LogP contribution >= 0.6 is 0 Å². The zero-order valence-corrected chi connectivity index (χ0v) is 19.1. The Morgan fingerprint density at radius 3 is 2.69 bits per heavy atom. The van der Waals surface area contributed by atoms with Crippen molar-refractivity contribution >= 4 is 17.6 Å². The molecular weight excluding hydrogens is 410 g/mol. The number of nitrogens with zero attached hydrogens (tertiary/aromatic N) is 2. The summed E-state index contributed by atoms with van der Waals surface area (Å²) in [7, 11) is 0. The summed E-state index contributed by atoms with van der Waals surface area (Å²) in [4.78, 5) is 29.6. The molecule has 8 heteroatoms. The first-order valence-electron chi connectivity index (χ1n) is 11.2. The van der Waals surface area contributed by atoms with Crippen molar-refractivity contribution in [1.29, 1.82) is 0 Å². The number of amides is 3. The summed E-state index contributed by atoms with van der Waals surface area (Å²) in [6.07, 6.45) is 3.51. The van der Waals surface area contributed by atoms with E-state index in [1.165, 1.54) is 4.90 Å². The van der Waals surface area contributed by atoms with Gasteiger partial charge in [0.25, 0.3) is 0 Å². The minimum Gasteiger partial charge on any atom is -0.492 e. The number of hydrogen-bond acceptors (Lipinski definition) is 5. The standard InChI is InChI=1S/C24H33N3O5/c1-4-30-22-12-6-5-11-21(22)25-24(29)27(18(2)3)17-23(28)26(15-19-9-7-13-31-19)16-20-10-8-14-32-20/h5-7,9,11-13,18,20H,4,8,10,14-17H2,1-3H3,(H,25,29). The summed E-state index contributed by atoms with van der Waals surface area (Å²) in [5.74, 6) is 1.14. The highest BCUT2D eigenvalue weighted by atomic mass is 16.5. The lowest BCUT2D eigenvalue weighted by Gasteiger charge is -2.31. The first-order chi connectivity index (χ1) is 15.5. The molecule has 1 N–H and O–H groups in total. The Balaban J connectivity index is 1.70. The molecule has 2 aromatic rings. The van der Waals surface area contributed by atoms with Gasteiger partial charge in [-0.2, -0.15) is 0 Å². The molecule has 0 saturated carbocycles. The molecule has 1 unspecified atom stereocenters. The van der Waals surface area contributed by atoms with Crippen LogP contribution in [0.3, 0.4) is 0 Å². The zero-order valence-electron chi connectivity index (χ0n) is 19.1. The maximum absolute atomic E-state index is 13.3. The number of carbonyl (C=O) groups excluding carboxylic acids is 2. The van der Waals surface area contributed by atoms with Gasteiger partial charge in [0.15, 0.2) is 0 Å². The van der Waals surface area contributed by atoms with Gasteiger partial charge in [0.1, 0.15) is 18.1 Å². The van der Waals surface area contributed by atoms with Crippen molar-refractivity contribution in [2.75, 3.05) is 31.6 Å². The van der Waals surface area contributed by atoms with Gasteiger partial charge in [0.2, 0.25) is 5.91 Å². The van der Waals surface area contributed by atoms with Gasteiger partial charge in [-0.25, -0.2) is 4.79 Å². The molecule has 0 radical (unpaired) electrons. The van der Waals surface area contributed by atoms with E-state index in [0.29, 0.717) is 43.5 Å². The lowest BCUT2D eigenvalue weighted by Crippen LogP contribution is -2.48. The second-order valence-corrected chi connectivity index (χ2v) is 8.07. The van der Waals surface area contributed by atoms with Crippen LogP contribution in [0.25, 0.3) is 0 Å². The minimum atomic E-state index is -0.351.